The van der Waals surface area contributed by atoms with Crippen LogP contribution in [0, 0.1) is 11.3 Å². The second kappa shape index (κ2) is 12.0. The normalized spacial score (nSPS) is 10.8. The van der Waals surface area contributed by atoms with Crippen LogP contribution in [0.4, 0.5) is 0 Å². The summed E-state index contributed by atoms with van der Waals surface area (Å²) in [6.07, 6.45) is 3.23. The van der Waals surface area contributed by atoms with E-state index in [0.29, 0.717) is 30.2 Å². The molecule has 0 aliphatic heterocycles. The lowest BCUT2D eigenvalue weighted by Crippen LogP contribution is -2.25. The van der Waals surface area contributed by atoms with Crippen molar-refractivity contribution in [3.63, 3.8) is 0 Å². The van der Waals surface area contributed by atoms with E-state index in [4.69, 9.17) is 9.47 Å². The molecule has 3 aromatic rings. The quantitative estimate of drug-likeness (QED) is 0.283. The van der Waals surface area contributed by atoms with Crippen molar-refractivity contribution in [2.24, 2.45) is 0 Å². The number of methoxy groups -OCH3 is 1. The highest BCUT2D eigenvalue weighted by Crippen LogP contribution is 2.29. The Morgan fingerprint density at radius 2 is 1.66 bits per heavy atom. The number of amides is 1. The first-order valence-corrected chi connectivity index (χ1v) is 10.5. The third-order valence-corrected chi connectivity index (χ3v) is 4.87. The Hall–Kier alpha value is -4.04. The molecule has 0 spiro atoms. The maximum absolute atomic E-state index is 12.5. The van der Waals surface area contributed by atoms with Gasteiger partial charge < -0.3 is 14.8 Å². The molecule has 0 aliphatic rings. The van der Waals surface area contributed by atoms with Crippen LogP contribution in [0.2, 0.25) is 0 Å². The van der Waals surface area contributed by atoms with Crippen LogP contribution in [0.3, 0.4) is 0 Å². The van der Waals surface area contributed by atoms with E-state index in [1.54, 1.807) is 31.4 Å². The third-order valence-electron chi connectivity index (χ3n) is 4.87. The number of hydrogen-bond acceptors (Lipinski definition) is 4. The molecule has 1 amide bonds. The molecular weight excluding hydrogens is 400 g/mol. The van der Waals surface area contributed by atoms with Crippen molar-refractivity contribution >= 4 is 12.0 Å². The Morgan fingerprint density at radius 1 is 0.969 bits per heavy atom. The first-order valence-electron chi connectivity index (χ1n) is 10.5. The van der Waals surface area contributed by atoms with E-state index in [1.807, 2.05) is 54.6 Å². The average molecular weight is 427 g/mol. The Balaban J connectivity index is 1.62. The highest BCUT2D eigenvalue weighted by molar-refractivity contribution is 6.01. The molecule has 162 valence electrons. The van der Waals surface area contributed by atoms with Crippen molar-refractivity contribution in [1.82, 2.24) is 5.32 Å². The minimum atomic E-state index is -0.386. The number of ether oxygens (including phenoxy) is 2. The second-order valence-corrected chi connectivity index (χ2v) is 7.20. The zero-order valence-corrected chi connectivity index (χ0v) is 18.1. The molecule has 0 aromatic heterocycles. The van der Waals surface area contributed by atoms with Crippen LogP contribution in [-0.2, 0) is 17.8 Å². The van der Waals surface area contributed by atoms with Crippen LogP contribution in [0.15, 0.2) is 84.4 Å². The molecule has 32 heavy (non-hydrogen) atoms. The monoisotopic (exact) mass is 426 g/mol. The summed E-state index contributed by atoms with van der Waals surface area (Å²) < 4.78 is 11.3. The predicted octanol–water partition coefficient (Wildman–Crippen LogP) is 4.93. The van der Waals surface area contributed by atoms with E-state index < -0.39 is 0 Å². The van der Waals surface area contributed by atoms with E-state index in [0.717, 1.165) is 18.4 Å². The highest BCUT2D eigenvalue weighted by atomic mass is 16.5. The fourth-order valence-electron chi connectivity index (χ4n) is 3.18. The number of aryl methyl sites for hydroxylation is 1. The molecule has 0 saturated carbocycles. The number of carbonyl (C=O) groups excluding carboxylic acids is 1. The Bertz CT molecular complexity index is 1090. The number of benzene rings is 3. The van der Waals surface area contributed by atoms with Gasteiger partial charge in [-0.05, 0) is 47.7 Å². The molecule has 3 aromatic carbocycles. The summed E-state index contributed by atoms with van der Waals surface area (Å²) in [5, 5.41) is 12.3. The van der Waals surface area contributed by atoms with Gasteiger partial charge in [0.15, 0.2) is 11.5 Å². The van der Waals surface area contributed by atoms with Crippen LogP contribution in [0.5, 0.6) is 11.5 Å². The highest BCUT2D eigenvalue weighted by Gasteiger charge is 2.11. The van der Waals surface area contributed by atoms with E-state index in [9.17, 15) is 10.1 Å². The van der Waals surface area contributed by atoms with Crippen LogP contribution in [0.1, 0.15) is 23.1 Å². The van der Waals surface area contributed by atoms with Gasteiger partial charge in [0.1, 0.15) is 18.2 Å². The molecule has 1 N–H and O–H groups in total. The lowest BCUT2D eigenvalue weighted by atomic mass is 10.1. The zero-order chi connectivity index (χ0) is 22.6. The minimum Gasteiger partial charge on any atom is -0.493 e. The van der Waals surface area contributed by atoms with Crippen LogP contribution in [-0.4, -0.2) is 19.6 Å². The Labute approximate surface area is 188 Å². The standard InChI is InChI=1S/C27H26N2O3/c1-31-25-15-14-23(18-26(25)32-20-22-11-6-3-7-12-22)17-24(19-28)27(30)29-16-8-13-21-9-4-2-5-10-21/h2-7,9-12,14-15,17-18H,8,13,16,20H2,1H3,(H,29,30)/b24-17-. The Morgan fingerprint density at radius 3 is 2.31 bits per heavy atom. The van der Waals surface area contributed by atoms with Crippen molar-refractivity contribution in [2.45, 2.75) is 19.4 Å². The summed E-state index contributed by atoms with van der Waals surface area (Å²) in [6, 6.07) is 27.2. The van der Waals surface area contributed by atoms with Crippen molar-refractivity contribution in [3.8, 4) is 17.6 Å². The SMILES string of the molecule is COc1ccc(/C=C(/C#N)C(=O)NCCCc2ccccc2)cc1OCc1ccccc1. The smallest absolute Gasteiger partial charge is 0.261 e. The third kappa shape index (κ3) is 6.75. The van der Waals surface area contributed by atoms with Gasteiger partial charge in [0.2, 0.25) is 0 Å². The summed E-state index contributed by atoms with van der Waals surface area (Å²) in [4.78, 5) is 12.5. The largest absolute Gasteiger partial charge is 0.493 e. The van der Waals surface area contributed by atoms with Crippen LogP contribution >= 0.6 is 0 Å². The minimum absolute atomic E-state index is 0.0453. The van der Waals surface area contributed by atoms with Gasteiger partial charge in [-0.15, -0.1) is 0 Å². The molecule has 5 nitrogen and oxygen atoms in total. The molecule has 3 rings (SSSR count). The topological polar surface area (TPSA) is 71.3 Å². The molecule has 0 bridgehead atoms. The van der Waals surface area contributed by atoms with Gasteiger partial charge >= 0.3 is 0 Å². The number of hydrogen-bond donors (Lipinski definition) is 1. The molecular formula is C27H26N2O3. The molecule has 0 heterocycles. The predicted molar refractivity (Wildman–Crippen MR) is 125 cm³/mol. The number of rotatable bonds is 10. The summed E-state index contributed by atoms with van der Waals surface area (Å²) in [7, 11) is 1.57. The van der Waals surface area contributed by atoms with E-state index in [2.05, 4.69) is 17.4 Å². The molecule has 0 atom stereocenters. The molecule has 0 fully saturated rings. The van der Waals surface area contributed by atoms with Gasteiger partial charge in [0.05, 0.1) is 7.11 Å². The fourth-order valence-corrected chi connectivity index (χ4v) is 3.18. The lowest BCUT2D eigenvalue weighted by molar-refractivity contribution is -0.117. The summed E-state index contributed by atoms with van der Waals surface area (Å²) in [5.74, 6) is 0.746. The summed E-state index contributed by atoms with van der Waals surface area (Å²) >= 11 is 0. The van der Waals surface area contributed by atoms with Crippen molar-refractivity contribution in [1.29, 1.82) is 5.26 Å². The van der Waals surface area contributed by atoms with Gasteiger partial charge in [-0.3, -0.25) is 4.79 Å². The number of nitrogens with zero attached hydrogens (tertiary/aromatic N) is 1. The molecule has 0 aliphatic carbocycles. The van der Waals surface area contributed by atoms with Crippen molar-refractivity contribution in [3.05, 3.63) is 101 Å². The van der Waals surface area contributed by atoms with Crippen LogP contribution in [0.25, 0.3) is 6.08 Å². The Kier molecular flexibility index (Phi) is 8.47. The van der Waals surface area contributed by atoms with Gasteiger partial charge in [0, 0.05) is 6.54 Å². The fraction of sp³-hybridized carbons (Fsp3) is 0.185. The van der Waals surface area contributed by atoms with E-state index >= 15 is 0 Å². The van der Waals surface area contributed by atoms with Gasteiger partial charge in [-0.2, -0.15) is 5.26 Å². The van der Waals surface area contributed by atoms with Gasteiger partial charge in [0.25, 0.3) is 5.91 Å². The first-order chi connectivity index (χ1) is 15.7. The second-order valence-electron chi connectivity index (χ2n) is 7.20. The molecule has 5 heteroatoms. The summed E-state index contributed by atoms with van der Waals surface area (Å²) in [6.45, 7) is 0.887. The van der Waals surface area contributed by atoms with Crippen LogP contribution < -0.4 is 14.8 Å². The molecule has 0 saturated heterocycles. The maximum atomic E-state index is 12.5. The number of carbonyl (C=O) groups is 1. The van der Waals surface area contributed by atoms with E-state index in [-0.39, 0.29) is 11.5 Å². The molecule has 0 radical (unpaired) electrons. The molecule has 0 unspecified atom stereocenters. The average Bonchev–Trinajstić information content (AvgIpc) is 2.85. The van der Waals surface area contributed by atoms with Crippen molar-refractivity contribution < 1.29 is 14.3 Å². The van der Waals surface area contributed by atoms with Gasteiger partial charge in [-0.1, -0.05) is 66.7 Å². The number of nitriles is 1. The number of nitrogens with one attached hydrogen (secondary N) is 1. The summed E-state index contributed by atoms with van der Waals surface area (Å²) in [5.41, 5.74) is 2.98. The van der Waals surface area contributed by atoms with Crippen molar-refractivity contribution in [2.75, 3.05) is 13.7 Å². The zero-order valence-electron chi connectivity index (χ0n) is 18.1. The van der Waals surface area contributed by atoms with Gasteiger partial charge in [-0.25, -0.2) is 0 Å². The maximum Gasteiger partial charge on any atom is 0.261 e. The first kappa shape index (κ1) is 22.6. The lowest BCUT2D eigenvalue weighted by Gasteiger charge is -2.12. The van der Waals surface area contributed by atoms with E-state index in [1.165, 1.54) is 5.56 Å².